The van der Waals surface area contributed by atoms with E-state index < -0.39 is 0 Å². The number of carbonyl (C=O) groups is 1. The van der Waals surface area contributed by atoms with Gasteiger partial charge in [-0.1, -0.05) is 31.0 Å². The van der Waals surface area contributed by atoms with Crippen molar-refractivity contribution in [1.82, 2.24) is 10.2 Å². The molecule has 1 saturated carbocycles. The van der Waals surface area contributed by atoms with Gasteiger partial charge < -0.3 is 10.2 Å². The van der Waals surface area contributed by atoms with E-state index in [1.165, 1.54) is 12.8 Å². The van der Waals surface area contributed by atoms with Crippen molar-refractivity contribution in [1.29, 1.82) is 0 Å². The second kappa shape index (κ2) is 7.00. The molecular weight excluding hydrogens is 291 g/mol. The highest BCUT2D eigenvalue weighted by atomic mass is 19.1. The Hall–Kier alpha value is -1.42. The van der Waals surface area contributed by atoms with Gasteiger partial charge in [-0.05, 0) is 37.3 Å². The van der Waals surface area contributed by atoms with Gasteiger partial charge in [0.15, 0.2) is 0 Å². The van der Waals surface area contributed by atoms with E-state index in [1.54, 1.807) is 19.1 Å². The molecule has 1 N–H and O–H groups in total. The van der Waals surface area contributed by atoms with E-state index in [-0.39, 0.29) is 17.1 Å². The zero-order valence-corrected chi connectivity index (χ0v) is 14.0. The molecule has 1 aliphatic carbocycles. The van der Waals surface area contributed by atoms with Crippen molar-refractivity contribution in [3.63, 3.8) is 0 Å². The average Bonchev–Trinajstić information content (AvgIpc) is 2.99. The van der Waals surface area contributed by atoms with Crippen LogP contribution >= 0.6 is 0 Å². The van der Waals surface area contributed by atoms with Gasteiger partial charge in [-0.2, -0.15) is 0 Å². The van der Waals surface area contributed by atoms with Gasteiger partial charge in [0.1, 0.15) is 5.82 Å². The quantitative estimate of drug-likeness (QED) is 0.924. The normalized spacial score (nSPS) is 22.2. The van der Waals surface area contributed by atoms with Crippen LogP contribution in [0.15, 0.2) is 24.3 Å². The van der Waals surface area contributed by atoms with E-state index in [9.17, 15) is 9.18 Å². The molecule has 1 aromatic carbocycles. The fourth-order valence-electron chi connectivity index (χ4n) is 4.41. The highest BCUT2D eigenvalue weighted by Crippen LogP contribution is 2.43. The van der Waals surface area contributed by atoms with Crippen molar-refractivity contribution in [2.45, 2.75) is 56.9 Å². The van der Waals surface area contributed by atoms with E-state index in [4.69, 9.17) is 0 Å². The van der Waals surface area contributed by atoms with Gasteiger partial charge in [-0.25, -0.2) is 4.39 Å². The summed E-state index contributed by atoms with van der Waals surface area (Å²) in [6.45, 7) is 4.50. The maximum atomic E-state index is 14.4. The summed E-state index contributed by atoms with van der Waals surface area (Å²) < 4.78 is 14.4. The summed E-state index contributed by atoms with van der Waals surface area (Å²) in [5, 5.41) is 3.02. The molecule has 2 aliphatic rings. The Morgan fingerprint density at radius 1 is 1.26 bits per heavy atom. The van der Waals surface area contributed by atoms with E-state index in [2.05, 4.69) is 10.2 Å². The molecule has 0 bridgehead atoms. The third-order valence-electron chi connectivity index (χ3n) is 5.53. The summed E-state index contributed by atoms with van der Waals surface area (Å²) >= 11 is 0. The molecule has 0 unspecified atom stereocenters. The van der Waals surface area contributed by atoms with Gasteiger partial charge in [0.2, 0.25) is 5.91 Å². The first kappa shape index (κ1) is 16.4. The minimum atomic E-state index is -0.0532. The molecule has 1 amide bonds. The standard InChI is InChI=1S/C19H27FN2O/c1-15(23)21-16-8-12-22(13-9-16)14-19(10-4-5-11-19)17-6-2-3-7-18(17)20/h2-3,6-7,16H,4-5,8-14H2,1H3,(H,21,23). The lowest BCUT2D eigenvalue weighted by atomic mass is 9.77. The molecule has 3 nitrogen and oxygen atoms in total. The fraction of sp³-hybridized carbons (Fsp3) is 0.632. The number of halogens is 1. The van der Waals surface area contributed by atoms with Crippen molar-refractivity contribution < 1.29 is 9.18 Å². The summed E-state index contributed by atoms with van der Waals surface area (Å²) in [6.07, 6.45) is 6.53. The molecule has 0 aromatic heterocycles. The number of amides is 1. The Balaban J connectivity index is 1.67. The topological polar surface area (TPSA) is 32.3 Å². The van der Waals surface area contributed by atoms with Crippen LogP contribution in [0.1, 0.15) is 51.0 Å². The van der Waals surface area contributed by atoms with Crippen LogP contribution in [0, 0.1) is 5.82 Å². The average molecular weight is 318 g/mol. The largest absolute Gasteiger partial charge is 0.354 e. The molecule has 126 valence electrons. The fourth-order valence-corrected chi connectivity index (χ4v) is 4.41. The van der Waals surface area contributed by atoms with Crippen LogP contribution in [0.2, 0.25) is 0 Å². The Kier molecular flexibility index (Phi) is 5.00. The van der Waals surface area contributed by atoms with E-state index >= 15 is 0 Å². The zero-order valence-electron chi connectivity index (χ0n) is 14.0. The van der Waals surface area contributed by atoms with Crippen molar-refractivity contribution >= 4 is 5.91 Å². The molecular formula is C19H27FN2O. The number of hydrogen-bond donors (Lipinski definition) is 1. The van der Waals surface area contributed by atoms with Crippen LogP contribution in [0.4, 0.5) is 4.39 Å². The van der Waals surface area contributed by atoms with Gasteiger partial charge in [-0.3, -0.25) is 4.79 Å². The van der Waals surface area contributed by atoms with E-state index in [0.29, 0.717) is 6.04 Å². The maximum absolute atomic E-state index is 14.4. The number of carbonyl (C=O) groups excluding carboxylic acids is 1. The lowest BCUT2D eigenvalue weighted by molar-refractivity contribution is -0.120. The van der Waals surface area contributed by atoms with Crippen LogP contribution in [-0.2, 0) is 10.2 Å². The summed E-state index contributed by atoms with van der Waals surface area (Å²) in [4.78, 5) is 13.6. The van der Waals surface area contributed by atoms with Crippen molar-refractivity contribution in [3.8, 4) is 0 Å². The molecule has 1 saturated heterocycles. The molecule has 3 rings (SSSR count). The van der Waals surface area contributed by atoms with Crippen molar-refractivity contribution in [2.24, 2.45) is 0 Å². The molecule has 1 heterocycles. The Labute approximate surface area is 138 Å². The predicted octanol–water partition coefficient (Wildman–Crippen LogP) is 3.24. The minimum absolute atomic E-state index is 0.0216. The van der Waals surface area contributed by atoms with E-state index in [1.807, 2.05) is 12.1 Å². The molecule has 2 fully saturated rings. The molecule has 0 atom stereocenters. The third-order valence-corrected chi connectivity index (χ3v) is 5.53. The number of likely N-dealkylation sites (tertiary alicyclic amines) is 1. The first-order chi connectivity index (χ1) is 11.1. The van der Waals surface area contributed by atoms with Gasteiger partial charge in [0.25, 0.3) is 0 Å². The molecule has 0 radical (unpaired) electrons. The highest BCUT2D eigenvalue weighted by Gasteiger charge is 2.39. The summed E-state index contributed by atoms with van der Waals surface area (Å²) in [5.74, 6) is 0.00426. The third kappa shape index (κ3) is 3.74. The second-order valence-electron chi connectivity index (χ2n) is 7.22. The lowest BCUT2D eigenvalue weighted by Gasteiger charge is -2.39. The number of nitrogens with zero attached hydrogens (tertiary/aromatic N) is 1. The summed E-state index contributed by atoms with van der Waals surface area (Å²) in [5.41, 5.74) is 0.883. The number of benzene rings is 1. The van der Waals surface area contributed by atoms with Gasteiger partial charge in [0.05, 0.1) is 0 Å². The maximum Gasteiger partial charge on any atom is 0.217 e. The number of hydrogen-bond acceptors (Lipinski definition) is 2. The second-order valence-corrected chi connectivity index (χ2v) is 7.22. The van der Waals surface area contributed by atoms with E-state index in [0.717, 1.165) is 50.9 Å². The smallest absolute Gasteiger partial charge is 0.217 e. The Bertz CT molecular complexity index is 546. The van der Waals surface area contributed by atoms with Crippen LogP contribution < -0.4 is 5.32 Å². The molecule has 4 heteroatoms. The molecule has 23 heavy (non-hydrogen) atoms. The summed E-state index contributed by atoms with van der Waals surface area (Å²) in [7, 11) is 0. The Morgan fingerprint density at radius 2 is 1.91 bits per heavy atom. The zero-order chi connectivity index (χ0) is 16.3. The SMILES string of the molecule is CC(=O)NC1CCN(CC2(c3ccccc3F)CCCC2)CC1. The monoisotopic (exact) mass is 318 g/mol. The van der Waals surface area contributed by atoms with Crippen LogP contribution in [0.5, 0.6) is 0 Å². The first-order valence-electron chi connectivity index (χ1n) is 8.83. The van der Waals surface area contributed by atoms with Gasteiger partial charge in [0, 0.05) is 38.0 Å². The Morgan fingerprint density at radius 3 is 2.52 bits per heavy atom. The van der Waals surface area contributed by atoms with Gasteiger partial charge in [-0.15, -0.1) is 0 Å². The van der Waals surface area contributed by atoms with Crippen molar-refractivity contribution in [2.75, 3.05) is 19.6 Å². The van der Waals surface area contributed by atoms with Crippen LogP contribution in [-0.4, -0.2) is 36.5 Å². The molecule has 1 aliphatic heterocycles. The highest BCUT2D eigenvalue weighted by molar-refractivity contribution is 5.73. The minimum Gasteiger partial charge on any atom is -0.354 e. The molecule has 1 aromatic rings. The summed E-state index contributed by atoms with van der Waals surface area (Å²) in [6, 6.07) is 7.61. The predicted molar refractivity (Wildman–Crippen MR) is 89.8 cm³/mol. The van der Waals surface area contributed by atoms with Crippen LogP contribution in [0.3, 0.4) is 0 Å². The van der Waals surface area contributed by atoms with Crippen LogP contribution in [0.25, 0.3) is 0 Å². The van der Waals surface area contributed by atoms with Crippen molar-refractivity contribution in [3.05, 3.63) is 35.6 Å². The number of nitrogens with one attached hydrogen (secondary N) is 1. The number of piperidine rings is 1. The molecule has 0 spiro atoms. The lowest BCUT2D eigenvalue weighted by Crippen LogP contribution is -2.48. The first-order valence-corrected chi connectivity index (χ1v) is 8.83. The number of rotatable bonds is 4. The van der Waals surface area contributed by atoms with Gasteiger partial charge >= 0.3 is 0 Å².